The second-order valence-corrected chi connectivity index (χ2v) is 7.29. The van der Waals surface area contributed by atoms with E-state index in [4.69, 9.17) is 15.9 Å². The molecule has 1 aromatic carbocycles. The normalized spacial score (nSPS) is 15.2. The van der Waals surface area contributed by atoms with Gasteiger partial charge in [-0.3, -0.25) is 4.79 Å². The van der Waals surface area contributed by atoms with E-state index in [0.29, 0.717) is 28.8 Å². The van der Waals surface area contributed by atoms with E-state index in [-0.39, 0.29) is 24.9 Å². The largest absolute Gasteiger partial charge is 0.493 e. The number of carbonyl (C=O) groups is 1. The monoisotopic (exact) mass is 429 g/mol. The highest BCUT2D eigenvalue weighted by Crippen LogP contribution is 2.42. The molecule has 1 aliphatic heterocycles. The maximum absolute atomic E-state index is 12.7. The number of benzene rings is 1. The summed E-state index contributed by atoms with van der Waals surface area (Å²) in [5, 5.41) is 20.0. The number of terminal acetylenes is 1. The van der Waals surface area contributed by atoms with Gasteiger partial charge in [0.05, 0.1) is 12.8 Å². The minimum Gasteiger partial charge on any atom is -0.493 e. The van der Waals surface area contributed by atoms with E-state index in [1.165, 1.54) is 6.33 Å². The third-order valence-electron chi connectivity index (χ3n) is 5.37. The van der Waals surface area contributed by atoms with Crippen LogP contribution < -0.4 is 14.8 Å². The number of hydrogen-bond acceptors (Lipinski definition) is 7. The van der Waals surface area contributed by atoms with E-state index in [2.05, 4.69) is 31.6 Å². The molecule has 1 N–H and O–H groups in total. The van der Waals surface area contributed by atoms with Crippen LogP contribution in [0.4, 0.5) is 5.82 Å². The third kappa shape index (κ3) is 3.20. The number of fused-ring (bicyclic) bond motifs is 2. The van der Waals surface area contributed by atoms with Crippen molar-refractivity contribution in [3.8, 4) is 29.7 Å². The molecular weight excluding hydrogens is 410 g/mol. The average Bonchev–Trinajstić information content (AvgIpc) is 3.40. The number of hydrogen-bond donors (Lipinski definition) is 1. The van der Waals surface area contributed by atoms with Crippen molar-refractivity contribution in [3.05, 3.63) is 53.5 Å². The highest BCUT2D eigenvalue weighted by molar-refractivity contribution is 5.95. The number of ether oxygens (including phenoxy) is 2. The molecule has 0 spiro atoms. The lowest BCUT2D eigenvalue weighted by molar-refractivity contribution is -0.116. The van der Waals surface area contributed by atoms with Gasteiger partial charge in [0, 0.05) is 17.9 Å². The summed E-state index contributed by atoms with van der Waals surface area (Å²) in [5.41, 5.74) is 3.23. The third-order valence-corrected chi connectivity index (χ3v) is 5.37. The maximum Gasteiger partial charge on any atom is 0.226 e. The Balaban J connectivity index is 1.61. The number of rotatable bonds is 5. The van der Waals surface area contributed by atoms with Gasteiger partial charge in [0.2, 0.25) is 5.91 Å². The van der Waals surface area contributed by atoms with Gasteiger partial charge in [0.15, 0.2) is 23.0 Å². The van der Waals surface area contributed by atoms with E-state index in [9.17, 15) is 4.79 Å². The van der Waals surface area contributed by atoms with Crippen LogP contribution >= 0.6 is 0 Å². The topological polar surface area (TPSA) is 108 Å². The van der Waals surface area contributed by atoms with Gasteiger partial charge in [-0.25, -0.2) is 0 Å². The van der Waals surface area contributed by atoms with Gasteiger partial charge in [-0.1, -0.05) is 12.0 Å². The fourth-order valence-electron chi connectivity index (χ4n) is 3.97. The molecule has 0 fully saturated rings. The Morgan fingerprint density at radius 2 is 2.12 bits per heavy atom. The second kappa shape index (κ2) is 7.70. The number of amides is 1. The summed E-state index contributed by atoms with van der Waals surface area (Å²) in [6.07, 6.45) is 7.13. The van der Waals surface area contributed by atoms with Crippen molar-refractivity contribution in [2.24, 2.45) is 0 Å². The summed E-state index contributed by atoms with van der Waals surface area (Å²) in [6, 6.07) is 9.17. The van der Waals surface area contributed by atoms with Gasteiger partial charge in [0.25, 0.3) is 0 Å². The van der Waals surface area contributed by atoms with E-state index in [0.717, 1.165) is 16.8 Å². The lowest BCUT2D eigenvalue weighted by Gasteiger charge is -2.25. The summed E-state index contributed by atoms with van der Waals surface area (Å²) in [5.74, 6) is 4.35. The minimum absolute atomic E-state index is 0.115. The molecular formula is C22H19N7O3. The standard InChI is InChI=1S/C22H19N7O3/c1-4-9-32-17-10-14(5-6-16(17)31-3)15-11-20(30)24-22-21(15)13(2)26-29(22)19-8-7-18-25-23-12-28(18)27-19/h1,5-8,10,12,15H,9,11H2,2-3H3,(H,24,30). The molecule has 0 saturated carbocycles. The van der Waals surface area contributed by atoms with Crippen molar-refractivity contribution >= 4 is 17.4 Å². The molecule has 32 heavy (non-hydrogen) atoms. The van der Waals surface area contributed by atoms with Crippen LogP contribution in [0, 0.1) is 19.3 Å². The Bertz CT molecular complexity index is 1380. The number of methoxy groups -OCH3 is 1. The Morgan fingerprint density at radius 3 is 2.94 bits per heavy atom. The average molecular weight is 429 g/mol. The van der Waals surface area contributed by atoms with Crippen molar-refractivity contribution in [2.45, 2.75) is 19.3 Å². The lowest BCUT2D eigenvalue weighted by Crippen LogP contribution is -2.25. The molecule has 0 radical (unpaired) electrons. The molecule has 1 amide bonds. The first-order chi connectivity index (χ1) is 15.6. The van der Waals surface area contributed by atoms with Crippen LogP contribution in [0.25, 0.3) is 11.5 Å². The molecule has 4 heterocycles. The van der Waals surface area contributed by atoms with Gasteiger partial charge < -0.3 is 14.8 Å². The first-order valence-corrected chi connectivity index (χ1v) is 9.90. The summed E-state index contributed by atoms with van der Waals surface area (Å²) in [7, 11) is 1.57. The smallest absolute Gasteiger partial charge is 0.226 e. The highest BCUT2D eigenvalue weighted by Gasteiger charge is 2.33. The second-order valence-electron chi connectivity index (χ2n) is 7.29. The van der Waals surface area contributed by atoms with E-state index in [1.54, 1.807) is 28.4 Å². The highest BCUT2D eigenvalue weighted by atomic mass is 16.5. The molecule has 5 rings (SSSR count). The summed E-state index contributed by atoms with van der Waals surface area (Å²) in [4.78, 5) is 12.7. The lowest BCUT2D eigenvalue weighted by atomic mass is 9.85. The molecule has 0 saturated heterocycles. The van der Waals surface area contributed by atoms with Crippen LogP contribution in [0.2, 0.25) is 0 Å². The quantitative estimate of drug-likeness (QED) is 0.484. The predicted octanol–water partition coefficient (Wildman–Crippen LogP) is 2.11. The van der Waals surface area contributed by atoms with Crippen molar-refractivity contribution in [2.75, 3.05) is 19.0 Å². The van der Waals surface area contributed by atoms with Gasteiger partial charge in [-0.15, -0.1) is 21.7 Å². The van der Waals surface area contributed by atoms with Crippen molar-refractivity contribution < 1.29 is 14.3 Å². The number of nitrogens with one attached hydrogen (secondary N) is 1. The fraction of sp³-hybridized carbons (Fsp3) is 0.227. The molecule has 1 aliphatic rings. The molecule has 1 atom stereocenters. The van der Waals surface area contributed by atoms with Crippen LogP contribution in [-0.2, 0) is 4.79 Å². The number of aryl methyl sites for hydroxylation is 1. The SMILES string of the molecule is C#CCOc1cc(C2CC(=O)Nc3c2c(C)nn3-c2ccc3nncn3n2)ccc1OC. The minimum atomic E-state index is -0.217. The number of nitrogens with zero attached hydrogens (tertiary/aromatic N) is 6. The van der Waals surface area contributed by atoms with Crippen LogP contribution in [0.1, 0.15) is 29.2 Å². The number of carbonyl (C=O) groups excluding carboxylic acids is 1. The summed E-state index contributed by atoms with van der Waals surface area (Å²) < 4.78 is 14.2. The van der Waals surface area contributed by atoms with Crippen LogP contribution in [0.5, 0.6) is 11.5 Å². The summed E-state index contributed by atoms with van der Waals surface area (Å²) in [6.45, 7) is 2.03. The van der Waals surface area contributed by atoms with E-state index >= 15 is 0 Å². The molecule has 10 heteroatoms. The van der Waals surface area contributed by atoms with Crippen LogP contribution in [0.3, 0.4) is 0 Å². The maximum atomic E-state index is 12.7. The van der Waals surface area contributed by atoms with Crippen molar-refractivity contribution in [3.63, 3.8) is 0 Å². The number of aromatic nitrogens is 6. The molecule has 0 aliphatic carbocycles. The van der Waals surface area contributed by atoms with Crippen molar-refractivity contribution in [1.29, 1.82) is 0 Å². The van der Waals surface area contributed by atoms with Gasteiger partial charge in [0.1, 0.15) is 18.8 Å². The molecule has 4 aromatic rings. The van der Waals surface area contributed by atoms with Crippen LogP contribution in [0.15, 0.2) is 36.7 Å². The van der Waals surface area contributed by atoms with E-state index in [1.807, 2.05) is 25.1 Å². The van der Waals surface area contributed by atoms with Gasteiger partial charge in [-0.05, 0) is 36.8 Å². The first-order valence-electron chi connectivity index (χ1n) is 9.90. The Morgan fingerprint density at radius 1 is 1.25 bits per heavy atom. The Kier molecular flexibility index (Phi) is 4.71. The van der Waals surface area contributed by atoms with Gasteiger partial charge >= 0.3 is 0 Å². The zero-order valence-corrected chi connectivity index (χ0v) is 17.4. The van der Waals surface area contributed by atoms with E-state index < -0.39 is 0 Å². The van der Waals surface area contributed by atoms with Crippen molar-refractivity contribution in [1.82, 2.24) is 29.6 Å². The molecule has 160 valence electrons. The Labute approximate surface area is 183 Å². The van der Waals surface area contributed by atoms with Gasteiger partial charge in [-0.2, -0.15) is 14.3 Å². The molecule has 3 aromatic heterocycles. The molecule has 10 nitrogen and oxygen atoms in total. The number of anilines is 1. The zero-order chi connectivity index (χ0) is 22.2. The zero-order valence-electron chi connectivity index (χ0n) is 17.4. The Hall–Kier alpha value is -4.39. The summed E-state index contributed by atoms with van der Waals surface area (Å²) >= 11 is 0. The predicted molar refractivity (Wildman–Crippen MR) is 115 cm³/mol. The fourth-order valence-corrected chi connectivity index (χ4v) is 3.97. The molecule has 0 bridgehead atoms. The first kappa shape index (κ1) is 19.6. The van der Waals surface area contributed by atoms with Crippen LogP contribution in [-0.4, -0.2) is 49.2 Å². The molecule has 1 unspecified atom stereocenters.